The van der Waals surface area contributed by atoms with Crippen LogP contribution in [0.25, 0.3) is 0 Å². The largest absolute Gasteiger partial charge is 0.319 e. The highest BCUT2D eigenvalue weighted by Gasteiger charge is 2.30. The molecule has 0 atom stereocenters. The Morgan fingerprint density at radius 3 is 2.47 bits per heavy atom. The van der Waals surface area contributed by atoms with Crippen LogP contribution in [0.4, 0.5) is 0 Å². The molecule has 0 saturated carbocycles. The summed E-state index contributed by atoms with van der Waals surface area (Å²) in [5.74, 6) is 0.599. The molecule has 0 bridgehead atoms. The van der Waals surface area contributed by atoms with Crippen LogP contribution in [-0.2, 0) is 10.0 Å². The minimum atomic E-state index is -3.29. The zero-order chi connectivity index (χ0) is 14.0. The molecule has 1 fully saturated rings. The smallest absolute Gasteiger partial charge is 0.244 e. The maximum atomic E-state index is 12.6. The van der Waals surface area contributed by atoms with Gasteiger partial charge in [0.05, 0.1) is 4.90 Å². The normalized spacial score (nSPS) is 18.9. The van der Waals surface area contributed by atoms with Gasteiger partial charge < -0.3 is 5.32 Å². The van der Waals surface area contributed by atoms with E-state index in [4.69, 9.17) is 0 Å². The summed E-state index contributed by atoms with van der Waals surface area (Å²) in [6.07, 6.45) is 1.89. The van der Waals surface area contributed by atoms with Crippen molar-refractivity contribution in [2.24, 2.45) is 5.92 Å². The molecule has 0 aliphatic carbocycles. The van der Waals surface area contributed by atoms with E-state index in [-0.39, 0.29) is 0 Å². The zero-order valence-electron chi connectivity index (χ0n) is 11.8. The summed E-state index contributed by atoms with van der Waals surface area (Å²) in [6.45, 7) is 6.10. The molecule has 6 heteroatoms. The van der Waals surface area contributed by atoms with Crippen LogP contribution < -0.4 is 5.32 Å². The van der Waals surface area contributed by atoms with Crippen molar-refractivity contribution >= 4 is 21.4 Å². The average molecular weight is 302 g/mol. The fraction of sp³-hybridized carbons (Fsp3) is 0.692. The molecular weight excluding hydrogens is 280 g/mol. The fourth-order valence-electron chi connectivity index (χ4n) is 2.65. The van der Waals surface area contributed by atoms with Crippen molar-refractivity contribution < 1.29 is 8.42 Å². The number of nitrogens with one attached hydrogen (secondary N) is 1. The Morgan fingerprint density at radius 1 is 1.37 bits per heavy atom. The van der Waals surface area contributed by atoms with E-state index in [1.54, 1.807) is 21.7 Å². The van der Waals surface area contributed by atoms with Crippen molar-refractivity contribution in [2.45, 2.75) is 31.6 Å². The molecule has 0 unspecified atom stereocenters. The number of hydrogen-bond acceptors (Lipinski definition) is 4. The van der Waals surface area contributed by atoms with Gasteiger partial charge in [0, 0.05) is 22.8 Å². The van der Waals surface area contributed by atoms with Gasteiger partial charge in [0.2, 0.25) is 10.0 Å². The first-order valence-electron chi connectivity index (χ1n) is 6.67. The topological polar surface area (TPSA) is 49.4 Å². The Morgan fingerprint density at radius 2 is 2.00 bits per heavy atom. The van der Waals surface area contributed by atoms with Crippen LogP contribution in [-0.4, -0.2) is 39.4 Å². The molecule has 108 valence electrons. The van der Waals surface area contributed by atoms with Gasteiger partial charge in [-0.2, -0.15) is 4.31 Å². The second-order valence-corrected chi connectivity index (χ2v) is 8.55. The fourth-order valence-corrected chi connectivity index (χ4v) is 5.64. The van der Waals surface area contributed by atoms with Gasteiger partial charge in [0.1, 0.15) is 0 Å². The van der Waals surface area contributed by atoms with Gasteiger partial charge in [0.15, 0.2) is 0 Å². The molecule has 4 nitrogen and oxygen atoms in total. The highest BCUT2D eigenvalue weighted by atomic mass is 32.2. The number of aryl methyl sites for hydroxylation is 2. The lowest BCUT2D eigenvalue weighted by Gasteiger charge is -2.31. The molecule has 1 aliphatic heterocycles. The average Bonchev–Trinajstić information content (AvgIpc) is 2.70. The van der Waals surface area contributed by atoms with E-state index in [9.17, 15) is 8.42 Å². The Kier molecular flexibility index (Phi) is 4.66. The third kappa shape index (κ3) is 3.18. The molecule has 1 aromatic heterocycles. The van der Waals surface area contributed by atoms with E-state index in [0.29, 0.717) is 23.9 Å². The van der Waals surface area contributed by atoms with E-state index >= 15 is 0 Å². The maximum Gasteiger partial charge on any atom is 0.244 e. The van der Waals surface area contributed by atoms with Crippen molar-refractivity contribution in [1.29, 1.82) is 0 Å². The molecule has 1 aromatic rings. The highest BCUT2D eigenvalue weighted by Crippen LogP contribution is 2.30. The molecule has 19 heavy (non-hydrogen) atoms. The Balaban J connectivity index is 2.12. The predicted octanol–water partition coefficient (Wildman–Crippen LogP) is 1.99. The number of sulfonamides is 1. The molecule has 0 amide bonds. The van der Waals surface area contributed by atoms with Crippen LogP contribution in [0.3, 0.4) is 0 Å². The molecule has 2 rings (SSSR count). The van der Waals surface area contributed by atoms with E-state index in [0.717, 1.165) is 29.1 Å². The Hall–Kier alpha value is -0.430. The van der Waals surface area contributed by atoms with Gasteiger partial charge in [-0.15, -0.1) is 11.3 Å². The third-order valence-corrected chi connectivity index (χ3v) is 6.80. The minimum Gasteiger partial charge on any atom is -0.319 e. The first kappa shape index (κ1) is 15.0. The van der Waals surface area contributed by atoms with Crippen molar-refractivity contribution in [3.8, 4) is 0 Å². The minimum absolute atomic E-state index is 0.502. The van der Waals surface area contributed by atoms with Crippen LogP contribution in [0.15, 0.2) is 11.0 Å². The highest BCUT2D eigenvalue weighted by molar-refractivity contribution is 7.89. The van der Waals surface area contributed by atoms with Crippen LogP contribution in [0.1, 0.15) is 22.6 Å². The third-order valence-electron chi connectivity index (χ3n) is 3.68. The standard InChI is InChI=1S/C13H22N2O2S2/c1-10-8-13(11(2)18-10)19(16,17)15-6-4-12(5-7-15)9-14-3/h8,12,14H,4-7,9H2,1-3H3. The summed E-state index contributed by atoms with van der Waals surface area (Å²) < 4.78 is 26.9. The van der Waals surface area contributed by atoms with Crippen LogP contribution in [0, 0.1) is 19.8 Å². The summed E-state index contributed by atoms with van der Waals surface area (Å²) in [5, 5.41) is 3.17. The summed E-state index contributed by atoms with van der Waals surface area (Å²) in [4.78, 5) is 2.46. The van der Waals surface area contributed by atoms with Crippen LogP contribution in [0.2, 0.25) is 0 Å². The lowest BCUT2D eigenvalue weighted by molar-refractivity contribution is 0.270. The summed E-state index contributed by atoms with van der Waals surface area (Å²) >= 11 is 1.55. The molecule has 1 saturated heterocycles. The molecule has 2 heterocycles. The van der Waals surface area contributed by atoms with Gasteiger partial charge in [0.25, 0.3) is 0 Å². The first-order chi connectivity index (χ1) is 8.95. The van der Waals surface area contributed by atoms with E-state index < -0.39 is 10.0 Å². The molecule has 1 N–H and O–H groups in total. The van der Waals surface area contributed by atoms with Crippen LogP contribution in [0.5, 0.6) is 0 Å². The second-order valence-electron chi connectivity index (χ2n) is 5.18. The SMILES string of the molecule is CNCC1CCN(S(=O)(=O)c2cc(C)sc2C)CC1. The molecule has 1 aliphatic rings. The number of hydrogen-bond donors (Lipinski definition) is 1. The van der Waals surface area contributed by atoms with Gasteiger partial charge in [-0.1, -0.05) is 0 Å². The van der Waals surface area contributed by atoms with Crippen LogP contribution >= 0.6 is 11.3 Å². The maximum absolute atomic E-state index is 12.6. The van der Waals surface area contributed by atoms with Gasteiger partial charge in [-0.05, 0) is 52.3 Å². The van der Waals surface area contributed by atoms with Crippen molar-refractivity contribution in [3.63, 3.8) is 0 Å². The first-order valence-corrected chi connectivity index (χ1v) is 8.92. The van der Waals surface area contributed by atoms with Crippen molar-refractivity contribution in [1.82, 2.24) is 9.62 Å². The Bertz CT molecular complexity index is 529. The zero-order valence-corrected chi connectivity index (χ0v) is 13.4. The molecule has 0 radical (unpaired) electrons. The monoisotopic (exact) mass is 302 g/mol. The number of rotatable bonds is 4. The van der Waals surface area contributed by atoms with Crippen molar-refractivity contribution in [3.05, 3.63) is 15.8 Å². The lowest BCUT2D eigenvalue weighted by atomic mass is 9.98. The van der Waals surface area contributed by atoms with E-state index in [2.05, 4.69) is 5.32 Å². The number of thiophene rings is 1. The van der Waals surface area contributed by atoms with Crippen molar-refractivity contribution in [2.75, 3.05) is 26.7 Å². The Labute approximate surface area is 119 Å². The van der Waals surface area contributed by atoms with E-state index in [1.807, 2.05) is 20.9 Å². The lowest BCUT2D eigenvalue weighted by Crippen LogP contribution is -2.40. The second kappa shape index (κ2) is 5.91. The summed E-state index contributed by atoms with van der Waals surface area (Å²) in [5.41, 5.74) is 0. The molecule has 0 aromatic carbocycles. The molecule has 0 spiro atoms. The predicted molar refractivity (Wildman–Crippen MR) is 79.2 cm³/mol. The summed E-state index contributed by atoms with van der Waals surface area (Å²) in [6, 6.07) is 1.80. The number of piperidine rings is 1. The van der Waals surface area contributed by atoms with Gasteiger partial charge in [-0.3, -0.25) is 0 Å². The van der Waals surface area contributed by atoms with E-state index in [1.165, 1.54) is 0 Å². The van der Waals surface area contributed by atoms with Gasteiger partial charge >= 0.3 is 0 Å². The summed E-state index contributed by atoms with van der Waals surface area (Å²) in [7, 11) is -1.34. The number of nitrogens with zero attached hydrogens (tertiary/aromatic N) is 1. The molecular formula is C13H22N2O2S2. The quantitative estimate of drug-likeness (QED) is 0.925. The van der Waals surface area contributed by atoms with Gasteiger partial charge in [-0.25, -0.2) is 8.42 Å².